The Kier molecular flexibility index (Phi) is 4.43. The number of aliphatic carboxylic acids is 1. The number of fused-ring (bicyclic) bond motifs is 1. The average Bonchev–Trinajstić information content (AvgIpc) is 2.45. The number of rotatable bonds is 4. The van der Waals surface area contributed by atoms with Crippen LogP contribution in [0.2, 0.25) is 0 Å². The van der Waals surface area contributed by atoms with Gasteiger partial charge in [-0.05, 0) is 6.26 Å². The van der Waals surface area contributed by atoms with Gasteiger partial charge in [-0.15, -0.1) is 23.5 Å². The number of nitriles is 1. The summed E-state index contributed by atoms with van der Waals surface area (Å²) >= 11 is 2.05. The molecule has 2 aliphatic heterocycles. The van der Waals surface area contributed by atoms with Crippen LogP contribution < -0.4 is 5.32 Å². The fourth-order valence-corrected chi connectivity index (χ4v) is 3.61. The highest BCUT2D eigenvalue weighted by Gasteiger charge is 2.54. The van der Waals surface area contributed by atoms with E-state index in [4.69, 9.17) is 10.4 Å². The summed E-state index contributed by atoms with van der Waals surface area (Å²) in [7, 11) is 0. The number of carboxylic acids is 1. The van der Waals surface area contributed by atoms with Crippen LogP contribution in [0.15, 0.2) is 11.5 Å². The number of amides is 2. The van der Waals surface area contributed by atoms with Gasteiger partial charge in [0.2, 0.25) is 5.91 Å². The molecule has 1 saturated heterocycles. The van der Waals surface area contributed by atoms with E-state index in [2.05, 4.69) is 5.32 Å². The molecule has 0 aromatic rings. The summed E-state index contributed by atoms with van der Waals surface area (Å²) in [6, 6.07) is 0.845. The Hall–Kier alpha value is -1.73. The van der Waals surface area contributed by atoms with Gasteiger partial charge in [0.1, 0.15) is 17.2 Å². The van der Waals surface area contributed by atoms with Crippen molar-refractivity contribution in [2.75, 3.05) is 12.0 Å². The van der Waals surface area contributed by atoms with Crippen LogP contribution in [0.25, 0.3) is 0 Å². The maximum atomic E-state index is 13.5. The van der Waals surface area contributed by atoms with E-state index < -0.39 is 46.0 Å². The highest BCUT2D eigenvalue weighted by molar-refractivity contribution is 8.00. The minimum Gasteiger partial charge on any atom is -0.476 e. The second kappa shape index (κ2) is 5.95. The lowest BCUT2D eigenvalue weighted by Crippen LogP contribution is -2.71. The number of hydrogen-bond acceptors (Lipinski definition) is 6. The molecule has 2 heterocycles. The summed E-state index contributed by atoms with van der Waals surface area (Å²) in [6.07, 6.45) is 1.58. The number of nitrogens with one attached hydrogen (secondary N) is 1. The van der Waals surface area contributed by atoms with Crippen LogP contribution in [-0.2, 0) is 14.4 Å². The third kappa shape index (κ3) is 2.58. The number of nitrogens with zero attached hydrogens (tertiary/aromatic N) is 2. The largest absolute Gasteiger partial charge is 0.476 e. The number of halogens is 1. The summed E-state index contributed by atoms with van der Waals surface area (Å²) in [5.41, 5.74) is -0.670. The Balaban J connectivity index is 2.13. The fraction of sp³-hybridized carbons (Fsp3) is 0.455. The van der Waals surface area contributed by atoms with Gasteiger partial charge < -0.3 is 10.4 Å². The molecule has 3 atom stereocenters. The Labute approximate surface area is 127 Å². The molecule has 2 aliphatic rings. The molecule has 1 fully saturated rings. The lowest BCUT2D eigenvalue weighted by molar-refractivity contribution is -0.150. The molecule has 0 aromatic heterocycles. The van der Waals surface area contributed by atoms with Gasteiger partial charge in [-0.3, -0.25) is 14.5 Å². The van der Waals surface area contributed by atoms with Crippen molar-refractivity contribution in [1.82, 2.24) is 10.2 Å². The molecule has 0 aliphatic carbocycles. The SMILES string of the molecule is CSC(C#N)C(=O)NC1C(=O)N2C(C(=O)O)=C(F)CS[C@@H]12. The van der Waals surface area contributed by atoms with E-state index in [1.165, 1.54) is 0 Å². The molecule has 7 nitrogen and oxygen atoms in total. The second-order valence-corrected chi connectivity index (χ2v) is 6.25. The number of hydrogen-bond donors (Lipinski definition) is 2. The van der Waals surface area contributed by atoms with Crippen LogP contribution in [-0.4, -0.2) is 56.5 Å². The van der Waals surface area contributed by atoms with Crippen LogP contribution >= 0.6 is 23.5 Å². The fourth-order valence-electron chi connectivity index (χ4n) is 2.03. The Morgan fingerprint density at radius 2 is 2.33 bits per heavy atom. The topological polar surface area (TPSA) is 111 Å². The lowest BCUT2D eigenvalue weighted by Gasteiger charge is -2.48. The Morgan fingerprint density at radius 3 is 2.86 bits per heavy atom. The van der Waals surface area contributed by atoms with Gasteiger partial charge in [0.15, 0.2) is 10.9 Å². The molecule has 112 valence electrons. The number of carbonyl (C=O) groups is 3. The van der Waals surface area contributed by atoms with Crippen molar-refractivity contribution in [3.63, 3.8) is 0 Å². The third-order valence-electron chi connectivity index (χ3n) is 3.01. The van der Waals surface area contributed by atoms with Crippen molar-refractivity contribution in [1.29, 1.82) is 5.26 Å². The maximum absolute atomic E-state index is 13.5. The Morgan fingerprint density at radius 1 is 1.67 bits per heavy atom. The number of carboxylic acid groups (broad SMARTS) is 1. The Bertz CT molecular complexity index is 589. The molecule has 10 heteroatoms. The maximum Gasteiger partial charge on any atom is 0.355 e. The van der Waals surface area contributed by atoms with Crippen molar-refractivity contribution >= 4 is 41.3 Å². The van der Waals surface area contributed by atoms with Crippen LogP contribution in [0, 0.1) is 11.3 Å². The van der Waals surface area contributed by atoms with E-state index in [0.717, 1.165) is 28.4 Å². The molecule has 2 N–H and O–H groups in total. The molecule has 2 amide bonds. The summed E-state index contributed by atoms with van der Waals surface area (Å²) in [5, 5.41) is 18.5. The van der Waals surface area contributed by atoms with E-state index in [1.54, 1.807) is 12.3 Å². The number of thioether (sulfide) groups is 2. The zero-order valence-electron chi connectivity index (χ0n) is 10.7. The molecule has 0 radical (unpaired) electrons. The van der Waals surface area contributed by atoms with Crippen LogP contribution in [0.5, 0.6) is 0 Å². The average molecular weight is 331 g/mol. The first kappa shape index (κ1) is 15.7. The standard InChI is InChI=1S/C11H10FN3O4S2/c1-20-5(2-13)8(16)14-6-9(17)15-7(11(18)19)4(12)3-21-10(6)15/h5-6,10H,3H2,1H3,(H,14,16)(H,18,19)/t5?,6?,10-/m0/s1. The van der Waals surface area contributed by atoms with Crippen LogP contribution in [0.4, 0.5) is 4.39 Å². The van der Waals surface area contributed by atoms with Gasteiger partial charge in [-0.1, -0.05) is 0 Å². The van der Waals surface area contributed by atoms with Gasteiger partial charge in [-0.25, -0.2) is 9.18 Å². The smallest absolute Gasteiger partial charge is 0.355 e. The predicted molar refractivity (Wildman–Crippen MR) is 73.7 cm³/mol. The normalized spacial score (nSPS) is 25.6. The molecule has 2 rings (SSSR count). The highest BCUT2D eigenvalue weighted by Crippen LogP contribution is 2.40. The zero-order chi connectivity index (χ0) is 15.7. The first-order valence-corrected chi connectivity index (χ1v) is 8.05. The molecular formula is C11H10FN3O4S2. The van der Waals surface area contributed by atoms with E-state index in [-0.39, 0.29) is 5.75 Å². The second-order valence-electron chi connectivity index (χ2n) is 4.20. The molecule has 21 heavy (non-hydrogen) atoms. The van der Waals surface area contributed by atoms with Crippen LogP contribution in [0.1, 0.15) is 0 Å². The van der Waals surface area contributed by atoms with Crippen molar-refractivity contribution in [3.05, 3.63) is 11.5 Å². The predicted octanol–water partition coefficient (Wildman–Crippen LogP) is -0.0928. The minimum absolute atomic E-state index is 0.174. The summed E-state index contributed by atoms with van der Waals surface area (Å²) in [6.45, 7) is 0. The van der Waals surface area contributed by atoms with Crippen molar-refractivity contribution in [2.45, 2.75) is 16.7 Å². The first-order valence-electron chi connectivity index (χ1n) is 5.71. The quantitative estimate of drug-likeness (QED) is 0.692. The van der Waals surface area contributed by atoms with E-state index in [0.29, 0.717) is 0 Å². The van der Waals surface area contributed by atoms with E-state index in [1.807, 2.05) is 0 Å². The molecule has 0 spiro atoms. The van der Waals surface area contributed by atoms with Gasteiger partial charge in [0.25, 0.3) is 5.91 Å². The summed E-state index contributed by atoms with van der Waals surface area (Å²) < 4.78 is 13.5. The minimum atomic E-state index is -1.52. The van der Waals surface area contributed by atoms with Gasteiger partial charge in [-0.2, -0.15) is 5.26 Å². The molecule has 0 saturated carbocycles. The van der Waals surface area contributed by atoms with Crippen molar-refractivity contribution < 1.29 is 23.9 Å². The van der Waals surface area contributed by atoms with Gasteiger partial charge >= 0.3 is 5.97 Å². The van der Waals surface area contributed by atoms with E-state index in [9.17, 15) is 18.8 Å². The summed E-state index contributed by atoms with van der Waals surface area (Å²) in [5.74, 6) is -3.87. The first-order chi connectivity index (χ1) is 9.92. The van der Waals surface area contributed by atoms with Gasteiger partial charge in [0, 0.05) is 5.75 Å². The molecule has 0 bridgehead atoms. The highest BCUT2D eigenvalue weighted by atomic mass is 32.2. The monoisotopic (exact) mass is 331 g/mol. The van der Waals surface area contributed by atoms with Crippen LogP contribution in [0.3, 0.4) is 0 Å². The molecule has 2 unspecified atom stereocenters. The number of β-lactam (4-membered cyclic amide) rings is 1. The summed E-state index contributed by atoms with van der Waals surface area (Å²) in [4.78, 5) is 35.5. The van der Waals surface area contributed by atoms with E-state index >= 15 is 0 Å². The zero-order valence-corrected chi connectivity index (χ0v) is 12.3. The van der Waals surface area contributed by atoms with Crippen molar-refractivity contribution in [3.8, 4) is 6.07 Å². The molecule has 0 aromatic carbocycles. The van der Waals surface area contributed by atoms with Crippen molar-refractivity contribution in [2.24, 2.45) is 0 Å². The van der Waals surface area contributed by atoms with Gasteiger partial charge in [0.05, 0.1) is 6.07 Å². The lowest BCUT2D eigenvalue weighted by atomic mass is 10.0. The molecular weight excluding hydrogens is 321 g/mol. The number of carbonyl (C=O) groups excluding carboxylic acids is 2. The third-order valence-corrected chi connectivity index (χ3v) is 5.05.